The van der Waals surface area contributed by atoms with E-state index >= 15 is 0 Å². The second kappa shape index (κ2) is 4.11. The lowest BCUT2D eigenvalue weighted by molar-refractivity contribution is 0.627. The van der Waals surface area contributed by atoms with Crippen LogP contribution in [0, 0.1) is 5.82 Å². The maximum absolute atomic E-state index is 12.6. The molecule has 0 N–H and O–H groups in total. The van der Waals surface area contributed by atoms with Gasteiger partial charge in [-0.15, -0.1) is 11.3 Å². The van der Waals surface area contributed by atoms with Gasteiger partial charge in [0.2, 0.25) is 0 Å². The van der Waals surface area contributed by atoms with Crippen LogP contribution in [0.1, 0.15) is 11.1 Å². The third-order valence-corrected chi connectivity index (χ3v) is 3.25. The molecule has 0 aliphatic heterocycles. The second-order valence-electron chi connectivity index (χ2n) is 3.02. The second-order valence-corrected chi connectivity index (χ2v) is 4.54. The molecule has 0 amide bonds. The molecule has 0 saturated heterocycles. The van der Waals surface area contributed by atoms with Crippen LogP contribution < -0.4 is 0 Å². The Labute approximate surface area is 91.0 Å². The average Bonchev–Trinajstić information content (AvgIpc) is 2.56. The Balaban J connectivity index is 2.19. The van der Waals surface area contributed by atoms with E-state index in [-0.39, 0.29) is 5.82 Å². The SMILES string of the molecule is Fc1ccc(Cc2ccsc2Cl)cc1. The van der Waals surface area contributed by atoms with Crippen molar-refractivity contribution in [3.05, 3.63) is 57.0 Å². The van der Waals surface area contributed by atoms with E-state index in [9.17, 15) is 4.39 Å². The molecular formula is C11H8ClFS. The van der Waals surface area contributed by atoms with Crippen molar-refractivity contribution in [1.82, 2.24) is 0 Å². The van der Waals surface area contributed by atoms with E-state index in [0.29, 0.717) is 0 Å². The maximum atomic E-state index is 12.6. The maximum Gasteiger partial charge on any atom is 0.123 e. The first-order valence-electron chi connectivity index (χ1n) is 4.22. The van der Waals surface area contributed by atoms with Crippen LogP contribution >= 0.6 is 22.9 Å². The van der Waals surface area contributed by atoms with Crippen LogP contribution in [0.3, 0.4) is 0 Å². The molecular weight excluding hydrogens is 219 g/mol. The molecule has 0 bridgehead atoms. The summed E-state index contributed by atoms with van der Waals surface area (Å²) in [7, 11) is 0. The van der Waals surface area contributed by atoms with Crippen molar-refractivity contribution in [3.63, 3.8) is 0 Å². The molecule has 0 atom stereocenters. The van der Waals surface area contributed by atoms with Crippen molar-refractivity contribution in [2.45, 2.75) is 6.42 Å². The third-order valence-electron chi connectivity index (χ3n) is 2.00. The van der Waals surface area contributed by atoms with E-state index in [0.717, 1.165) is 21.9 Å². The molecule has 2 aromatic rings. The van der Waals surface area contributed by atoms with E-state index in [4.69, 9.17) is 11.6 Å². The van der Waals surface area contributed by atoms with E-state index in [1.54, 1.807) is 12.1 Å². The number of thiophene rings is 1. The molecule has 0 nitrogen and oxygen atoms in total. The van der Waals surface area contributed by atoms with E-state index < -0.39 is 0 Å². The summed E-state index contributed by atoms with van der Waals surface area (Å²) in [5, 5.41) is 1.96. The minimum atomic E-state index is -0.204. The van der Waals surface area contributed by atoms with Crippen molar-refractivity contribution in [3.8, 4) is 0 Å². The van der Waals surface area contributed by atoms with Gasteiger partial charge in [0.25, 0.3) is 0 Å². The first-order chi connectivity index (χ1) is 6.75. The summed E-state index contributed by atoms with van der Waals surface area (Å²) in [6.07, 6.45) is 0.766. The standard InChI is InChI=1S/C11H8ClFS/c12-11-9(5-6-14-11)7-8-1-3-10(13)4-2-8/h1-6H,7H2. The van der Waals surface area contributed by atoms with Gasteiger partial charge in [-0.05, 0) is 41.1 Å². The first kappa shape index (κ1) is 9.69. The highest BCUT2D eigenvalue weighted by Gasteiger charge is 2.02. The zero-order valence-electron chi connectivity index (χ0n) is 7.34. The van der Waals surface area contributed by atoms with E-state index in [1.165, 1.54) is 23.5 Å². The van der Waals surface area contributed by atoms with Crippen molar-refractivity contribution < 1.29 is 4.39 Å². The lowest BCUT2D eigenvalue weighted by Crippen LogP contribution is -1.86. The van der Waals surface area contributed by atoms with Crippen LogP contribution in [0.2, 0.25) is 4.34 Å². The van der Waals surface area contributed by atoms with Gasteiger partial charge < -0.3 is 0 Å². The molecule has 0 aliphatic rings. The van der Waals surface area contributed by atoms with Crippen LogP contribution in [-0.2, 0) is 6.42 Å². The third kappa shape index (κ3) is 2.14. The summed E-state index contributed by atoms with van der Waals surface area (Å²) in [5.41, 5.74) is 2.18. The normalized spacial score (nSPS) is 10.4. The van der Waals surface area contributed by atoms with Gasteiger partial charge in [-0.1, -0.05) is 23.7 Å². The summed E-state index contributed by atoms with van der Waals surface area (Å²) in [6.45, 7) is 0. The molecule has 1 aromatic carbocycles. The number of benzene rings is 1. The van der Waals surface area contributed by atoms with Crippen molar-refractivity contribution in [1.29, 1.82) is 0 Å². The van der Waals surface area contributed by atoms with Gasteiger partial charge in [0.1, 0.15) is 5.82 Å². The van der Waals surface area contributed by atoms with Crippen molar-refractivity contribution >= 4 is 22.9 Å². The lowest BCUT2D eigenvalue weighted by Gasteiger charge is -1.99. The quantitative estimate of drug-likeness (QED) is 0.722. The topological polar surface area (TPSA) is 0 Å². The first-order valence-corrected chi connectivity index (χ1v) is 5.48. The zero-order valence-corrected chi connectivity index (χ0v) is 8.91. The fourth-order valence-electron chi connectivity index (χ4n) is 1.27. The minimum absolute atomic E-state index is 0.204. The summed E-state index contributed by atoms with van der Waals surface area (Å²) < 4.78 is 13.4. The highest BCUT2D eigenvalue weighted by atomic mass is 35.5. The Bertz CT molecular complexity index is 419. The van der Waals surface area contributed by atoms with Crippen LogP contribution in [0.4, 0.5) is 4.39 Å². The van der Waals surface area contributed by atoms with Gasteiger partial charge in [-0.2, -0.15) is 0 Å². The summed E-state index contributed by atoms with van der Waals surface area (Å²) in [4.78, 5) is 0. The van der Waals surface area contributed by atoms with Gasteiger partial charge >= 0.3 is 0 Å². The smallest absolute Gasteiger partial charge is 0.123 e. The predicted octanol–water partition coefficient (Wildman–Crippen LogP) is 4.13. The predicted molar refractivity (Wildman–Crippen MR) is 58.5 cm³/mol. The lowest BCUT2D eigenvalue weighted by atomic mass is 10.1. The zero-order chi connectivity index (χ0) is 9.97. The molecule has 14 heavy (non-hydrogen) atoms. The van der Waals surface area contributed by atoms with E-state index in [2.05, 4.69) is 0 Å². The van der Waals surface area contributed by atoms with Gasteiger partial charge in [0, 0.05) is 0 Å². The molecule has 3 heteroatoms. The fraction of sp³-hybridized carbons (Fsp3) is 0.0909. The monoisotopic (exact) mass is 226 g/mol. The van der Waals surface area contributed by atoms with Gasteiger partial charge in [0.15, 0.2) is 0 Å². The number of halogens is 2. The highest BCUT2D eigenvalue weighted by Crippen LogP contribution is 2.25. The van der Waals surface area contributed by atoms with Gasteiger partial charge in [-0.25, -0.2) is 4.39 Å². The van der Waals surface area contributed by atoms with Crippen molar-refractivity contribution in [2.24, 2.45) is 0 Å². The van der Waals surface area contributed by atoms with Crippen LogP contribution in [-0.4, -0.2) is 0 Å². The molecule has 0 spiro atoms. The Kier molecular flexibility index (Phi) is 2.85. The molecule has 0 fully saturated rings. The minimum Gasteiger partial charge on any atom is -0.207 e. The molecule has 0 unspecified atom stereocenters. The van der Waals surface area contributed by atoms with E-state index in [1.807, 2.05) is 11.4 Å². The number of hydrogen-bond donors (Lipinski definition) is 0. The Morgan fingerprint density at radius 1 is 1.14 bits per heavy atom. The summed E-state index contributed by atoms with van der Waals surface area (Å²) in [6, 6.07) is 8.49. The molecule has 2 rings (SSSR count). The summed E-state index contributed by atoms with van der Waals surface area (Å²) >= 11 is 7.48. The number of rotatable bonds is 2. The molecule has 0 aliphatic carbocycles. The molecule has 0 saturated carbocycles. The largest absolute Gasteiger partial charge is 0.207 e. The van der Waals surface area contributed by atoms with Crippen LogP contribution in [0.15, 0.2) is 35.7 Å². The van der Waals surface area contributed by atoms with Crippen LogP contribution in [0.25, 0.3) is 0 Å². The molecule has 72 valence electrons. The van der Waals surface area contributed by atoms with Crippen molar-refractivity contribution in [2.75, 3.05) is 0 Å². The average molecular weight is 227 g/mol. The van der Waals surface area contributed by atoms with Gasteiger partial charge in [-0.3, -0.25) is 0 Å². The van der Waals surface area contributed by atoms with Gasteiger partial charge in [0.05, 0.1) is 4.34 Å². The number of hydrogen-bond acceptors (Lipinski definition) is 1. The van der Waals surface area contributed by atoms with Crippen LogP contribution in [0.5, 0.6) is 0 Å². The Hall–Kier alpha value is -0.860. The summed E-state index contributed by atoms with van der Waals surface area (Å²) in [5.74, 6) is -0.204. The molecule has 1 aromatic heterocycles. The molecule has 1 heterocycles. The molecule has 0 radical (unpaired) electrons. The highest BCUT2D eigenvalue weighted by molar-refractivity contribution is 7.14. The Morgan fingerprint density at radius 2 is 1.86 bits per heavy atom. The Morgan fingerprint density at radius 3 is 2.43 bits per heavy atom. The fourth-order valence-corrected chi connectivity index (χ4v) is 2.20.